The van der Waals surface area contributed by atoms with Crippen molar-refractivity contribution in [1.29, 1.82) is 0 Å². The van der Waals surface area contributed by atoms with Gasteiger partial charge in [-0.3, -0.25) is 4.79 Å². The van der Waals surface area contributed by atoms with Crippen LogP contribution in [-0.2, 0) is 17.9 Å². The standard InChI is InChI=1S/C20H23ClN2O2/c21-18-7-9-19(10-8-18)25-15-20(24)22-13-16-3-5-17(6-4-16)14-23-11-1-2-12-23/h3-10H,1-2,11-15H2,(H,22,24)/p+1. The van der Waals surface area contributed by atoms with E-state index in [2.05, 4.69) is 29.6 Å². The summed E-state index contributed by atoms with van der Waals surface area (Å²) in [7, 11) is 0. The third kappa shape index (κ3) is 5.76. The molecule has 0 aliphatic carbocycles. The monoisotopic (exact) mass is 359 g/mol. The largest absolute Gasteiger partial charge is 0.484 e. The number of nitrogens with one attached hydrogen (secondary N) is 2. The van der Waals surface area contributed by atoms with Crippen LogP contribution in [0.1, 0.15) is 24.0 Å². The summed E-state index contributed by atoms with van der Waals surface area (Å²) < 4.78 is 5.43. The highest BCUT2D eigenvalue weighted by Gasteiger charge is 2.15. The van der Waals surface area contributed by atoms with Crippen molar-refractivity contribution in [3.8, 4) is 5.75 Å². The van der Waals surface area contributed by atoms with Gasteiger partial charge in [-0.05, 0) is 29.8 Å². The normalized spacial score (nSPS) is 14.4. The van der Waals surface area contributed by atoms with Crippen LogP contribution in [0, 0.1) is 0 Å². The molecule has 4 nitrogen and oxygen atoms in total. The first-order chi connectivity index (χ1) is 12.2. The minimum Gasteiger partial charge on any atom is -0.484 e. The fraction of sp³-hybridized carbons (Fsp3) is 0.350. The number of hydrogen-bond acceptors (Lipinski definition) is 2. The summed E-state index contributed by atoms with van der Waals surface area (Å²) in [4.78, 5) is 13.6. The van der Waals surface area contributed by atoms with E-state index in [4.69, 9.17) is 16.3 Å². The molecule has 1 fully saturated rings. The van der Waals surface area contributed by atoms with Gasteiger partial charge in [-0.1, -0.05) is 35.9 Å². The molecule has 1 aliphatic heterocycles. The number of halogens is 1. The average molecular weight is 360 g/mol. The molecule has 0 spiro atoms. The Hall–Kier alpha value is -2.04. The fourth-order valence-electron chi connectivity index (χ4n) is 3.05. The van der Waals surface area contributed by atoms with Crippen molar-refractivity contribution in [1.82, 2.24) is 5.32 Å². The molecule has 1 saturated heterocycles. The molecule has 25 heavy (non-hydrogen) atoms. The molecule has 1 aliphatic rings. The highest BCUT2D eigenvalue weighted by Crippen LogP contribution is 2.15. The van der Waals surface area contributed by atoms with Crippen molar-refractivity contribution in [3.05, 3.63) is 64.7 Å². The quantitative estimate of drug-likeness (QED) is 0.796. The van der Waals surface area contributed by atoms with Crippen molar-refractivity contribution in [3.63, 3.8) is 0 Å². The summed E-state index contributed by atoms with van der Waals surface area (Å²) in [5, 5.41) is 3.52. The number of ether oxygens (including phenoxy) is 1. The number of benzene rings is 2. The number of carbonyl (C=O) groups is 1. The number of rotatable bonds is 7. The van der Waals surface area contributed by atoms with E-state index < -0.39 is 0 Å². The minimum atomic E-state index is -0.138. The number of likely N-dealkylation sites (tertiary alicyclic amines) is 1. The molecule has 2 aromatic rings. The summed E-state index contributed by atoms with van der Waals surface area (Å²) in [6.07, 6.45) is 2.69. The Morgan fingerprint density at radius 2 is 1.64 bits per heavy atom. The van der Waals surface area contributed by atoms with Crippen LogP contribution in [0.5, 0.6) is 5.75 Å². The Labute approximate surface area is 153 Å². The number of carbonyl (C=O) groups excluding carboxylic acids is 1. The van der Waals surface area contributed by atoms with Gasteiger partial charge in [-0.25, -0.2) is 0 Å². The highest BCUT2D eigenvalue weighted by molar-refractivity contribution is 6.30. The second kappa shape index (κ2) is 8.88. The van der Waals surface area contributed by atoms with Gasteiger partial charge in [0.25, 0.3) is 5.91 Å². The van der Waals surface area contributed by atoms with Crippen LogP contribution < -0.4 is 15.0 Å². The van der Waals surface area contributed by atoms with Gasteiger partial charge in [0.05, 0.1) is 13.1 Å². The lowest BCUT2D eigenvalue weighted by Crippen LogP contribution is -3.08. The zero-order valence-corrected chi connectivity index (χ0v) is 15.0. The summed E-state index contributed by atoms with van der Waals surface area (Å²) >= 11 is 5.81. The Balaban J connectivity index is 1.39. The number of amides is 1. The summed E-state index contributed by atoms with van der Waals surface area (Å²) in [6, 6.07) is 15.5. The van der Waals surface area contributed by atoms with Crippen LogP contribution in [0.15, 0.2) is 48.5 Å². The Bertz CT molecular complexity index is 680. The van der Waals surface area contributed by atoms with Gasteiger partial charge in [-0.2, -0.15) is 0 Å². The summed E-state index contributed by atoms with van der Waals surface area (Å²) in [5.74, 6) is 0.494. The van der Waals surface area contributed by atoms with E-state index in [1.54, 1.807) is 29.2 Å². The van der Waals surface area contributed by atoms with Crippen LogP contribution in [0.2, 0.25) is 5.02 Å². The molecule has 0 atom stereocenters. The molecule has 0 bridgehead atoms. The second-order valence-corrected chi connectivity index (χ2v) is 6.91. The Morgan fingerprint density at radius 1 is 1.00 bits per heavy atom. The third-order valence-corrected chi connectivity index (χ3v) is 4.71. The molecule has 2 aromatic carbocycles. The zero-order valence-electron chi connectivity index (χ0n) is 14.3. The molecule has 0 aromatic heterocycles. The molecule has 0 radical (unpaired) electrons. The van der Waals surface area contributed by atoms with Crippen molar-refractivity contribution < 1.29 is 14.4 Å². The molecule has 0 unspecified atom stereocenters. The van der Waals surface area contributed by atoms with Gasteiger partial charge in [0.15, 0.2) is 6.61 Å². The van der Waals surface area contributed by atoms with E-state index in [1.165, 1.54) is 31.5 Å². The Kier molecular flexibility index (Phi) is 6.31. The maximum Gasteiger partial charge on any atom is 0.258 e. The first-order valence-electron chi connectivity index (χ1n) is 8.75. The van der Waals surface area contributed by atoms with Gasteiger partial charge in [0, 0.05) is 30.0 Å². The summed E-state index contributed by atoms with van der Waals surface area (Å²) in [5.41, 5.74) is 2.46. The van der Waals surface area contributed by atoms with Gasteiger partial charge in [0.1, 0.15) is 12.3 Å². The maximum absolute atomic E-state index is 11.9. The van der Waals surface area contributed by atoms with Crippen LogP contribution in [-0.4, -0.2) is 25.6 Å². The molecule has 2 N–H and O–H groups in total. The van der Waals surface area contributed by atoms with Gasteiger partial charge < -0.3 is 15.0 Å². The van der Waals surface area contributed by atoms with Crippen molar-refractivity contribution in [2.24, 2.45) is 0 Å². The topological polar surface area (TPSA) is 42.8 Å². The van der Waals surface area contributed by atoms with E-state index in [0.29, 0.717) is 17.3 Å². The van der Waals surface area contributed by atoms with Crippen LogP contribution in [0.3, 0.4) is 0 Å². The molecule has 132 valence electrons. The molecule has 5 heteroatoms. The predicted octanol–water partition coefficient (Wildman–Crippen LogP) is 2.21. The zero-order chi connectivity index (χ0) is 17.5. The van der Waals surface area contributed by atoms with Crippen LogP contribution in [0.25, 0.3) is 0 Å². The lowest BCUT2D eigenvalue weighted by molar-refractivity contribution is -0.901. The highest BCUT2D eigenvalue weighted by atomic mass is 35.5. The summed E-state index contributed by atoms with van der Waals surface area (Å²) in [6.45, 7) is 4.18. The molecule has 1 amide bonds. The fourth-order valence-corrected chi connectivity index (χ4v) is 3.17. The average Bonchev–Trinajstić information content (AvgIpc) is 3.14. The molecule has 3 rings (SSSR count). The second-order valence-electron chi connectivity index (χ2n) is 6.47. The van der Waals surface area contributed by atoms with E-state index in [0.717, 1.165) is 12.1 Å². The lowest BCUT2D eigenvalue weighted by Gasteiger charge is -2.12. The minimum absolute atomic E-state index is 0.00195. The molecular weight excluding hydrogens is 336 g/mol. The van der Waals surface area contributed by atoms with Crippen LogP contribution in [0.4, 0.5) is 0 Å². The molecule has 1 heterocycles. The maximum atomic E-state index is 11.9. The van der Waals surface area contributed by atoms with E-state index in [1.807, 2.05) is 0 Å². The first-order valence-corrected chi connectivity index (χ1v) is 9.13. The SMILES string of the molecule is O=C(COc1ccc(Cl)cc1)NCc1ccc(C[NH+]2CCCC2)cc1. The van der Waals surface area contributed by atoms with E-state index in [9.17, 15) is 4.79 Å². The number of hydrogen-bond donors (Lipinski definition) is 2. The smallest absolute Gasteiger partial charge is 0.258 e. The Morgan fingerprint density at radius 3 is 2.32 bits per heavy atom. The predicted molar refractivity (Wildman–Crippen MR) is 98.9 cm³/mol. The van der Waals surface area contributed by atoms with Gasteiger partial charge in [-0.15, -0.1) is 0 Å². The number of quaternary nitrogens is 1. The van der Waals surface area contributed by atoms with Crippen molar-refractivity contribution >= 4 is 17.5 Å². The van der Waals surface area contributed by atoms with E-state index >= 15 is 0 Å². The van der Waals surface area contributed by atoms with Gasteiger partial charge in [0.2, 0.25) is 0 Å². The molecule has 0 saturated carbocycles. The molecular formula is C20H24ClN2O2+. The third-order valence-electron chi connectivity index (χ3n) is 4.46. The van der Waals surface area contributed by atoms with Crippen molar-refractivity contribution in [2.45, 2.75) is 25.9 Å². The lowest BCUT2D eigenvalue weighted by atomic mass is 10.1. The van der Waals surface area contributed by atoms with Crippen molar-refractivity contribution in [2.75, 3.05) is 19.7 Å². The van der Waals surface area contributed by atoms with E-state index in [-0.39, 0.29) is 12.5 Å². The van der Waals surface area contributed by atoms with Crippen LogP contribution >= 0.6 is 11.6 Å². The van der Waals surface area contributed by atoms with Gasteiger partial charge >= 0.3 is 0 Å². The first kappa shape index (κ1) is 17.8.